The monoisotopic (exact) mass is 889 g/mol. The molecule has 2 aromatic heterocycles. The van der Waals surface area contributed by atoms with Crippen LogP contribution >= 0.6 is 0 Å². The van der Waals surface area contributed by atoms with Crippen LogP contribution in [0.1, 0.15) is 87.8 Å². The number of benzene rings is 9. The van der Waals surface area contributed by atoms with E-state index >= 15 is 0 Å². The Labute approximate surface area is 405 Å². The average molecular weight is 890 g/mol. The van der Waals surface area contributed by atoms with E-state index in [9.17, 15) is 0 Å². The Hall–Kier alpha value is -7.30. The molecule has 333 valence electrons. The summed E-state index contributed by atoms with van der Waals surface area (Å²) < 4.78 is 9.57. The van der Waals surface area contributed by atoms with E-state index in [1.807, 2.05) is 0 Å². The van der Waals surface area contributed by atoms with Crippen LogP contribution in [0.15, 0.2) is 156 Å². The molecular weight excluding hydrogens is 836 g/mol. The van der Waals surface area contributed by atoms with Crippen molar-refractivity contribution in [3.63, 3.8) is 0 Å². The number of fused-ring (bicyclic) bond motifs is 14. The molecule has 1 aliphatic heterocycles. The van der Waals surface area contributed by atoms with E-state index in [0.29, 0.717) is 0 Å². The summed E-state index contributed by atoms with van der Waals surface area (Å²) in [5, 5.41) is 11.4. The molecule has 3 aliphatic rings. The van der Waals surface area contributed by atoms with Gasteiger partial charge < -0.3 is 14.3 Å². The first-order chi connectivity index (χ1) is 33.2. The van der Waals surface area contributed by atoms with Gasteiger partial charge in [-0.15, -0.1) is 0 Å². The molecule has 9 aromatic carbocycles. The second-order valence-corrected chi connectivity index (χ2v) is 22.4. The first-order valence-corrected chi connectivity index (χ1v) is 24.9. The zero-order valence-electron chi connectivity index (χ0n) is 40.8. The highest BCUT2D eigenvalue weighted by Gasteiger charge is 2.39. The van der Waals surface area contributed by atoms with Crippen LogP contribution in [0.2, 0.25) is 0 Å². The average Bonchev–Trinajstić information content (AvgIpc) is 3.96. The van der Waals surface area contributed by atoms with Gasteiger partial charge in [0.25, 0.3) is 0 Å². The second-order valence-electron chi connectivity index (χ2n) is 22.4. The highest BCUT2D eigenvalue weighted by atomic mass is 16.3. The van der Waals surface area contributed by atoms with Crippen LogP contribution in [-0.4, -0.2) is 11.8 Å². The van der Waals surface area contributed by atoms with Gasteiger partial charge in [-0.2, -0.15) is 0 Å². The summed E-state index contributed by atoms with van der Waals surface area (Å²) in [7, 11) is 2.47. The molecule has 0 spiro atoms. The van der Waals surface area contributed by atoms with Gasteiger partial charge in [-0.1, -0.05) is 149 Å². The first-order valence-electron chi connectivity index (χ1n) is 24.9. The third-order valence-electron chi connectivity index (χ3n) is 16.8. The molecule has 4 heteroatoms. The summed E-state index contributed by atoms with van der Waals surface area (Å²) >= 11 is 0. The van der Waals surface area contributed by atoms with E-state index in [2.05, 4.69) is 224 Å². The quantitative estimate of drug-likeness (QED) is 0.178. The number of aromatic nitrogens is 1. The third-order valence-corrected chi connectivity index (χ3v) is 16.8. The van der Waals surface area contributed by atoms with E-state index in [-0.39, 0.29) is 16.2 Å². The molecule has 0 saturated heterocycles. The molecule has 1 radical (unpaired) electrons. The fourth-order valence-corrected chi connectivity index (χ4v) is 12.9. The smallest absolute Gasteiger partial charge is 0.197 e. The van der Waals surface area contributed by atoms with Crippen LogP contribution in [-0.2, 0) is 16.2 Å². The molecule has 3 heterocycles. The van der Waals surface area contributed by atoms with Crippen molar-refractivity contribution in [2.75, 3.05) is 5.32 Å². The fraction of sp³-hybridized carbons (Fsp3) is 0.200. The van der Waals surface area contributed by atoms with Crippen molar-refractivity contribution >= 4 is 84.1 Å². The minimum Gasteiger partial charge on any atom is -0.456 e. The van der Waals surface area contributed by atoms with Crippen molar-refractivity contribution in [2.45, 2.75) is 84.5 Å². The number of nitrogens with zero attached hydrogens (tertiary/aromatic N) is 1. The lowest BCUT2D eigenvalue weighted by Crippen LogP contribution is -2.37. The van der Waals surface area contributed by atoms with E-state index in [1.165, 1.54) is 116 Å². The van der Waals surface area contributed by atoms with Crippen molar-refractivity contribution in [1.82, 2.24) is 4.57 Å². The van der Waals surface area contributed by atoms with Gasteiger partial charge in [0.15, 0.2) is 7.28 Å². The van der Waals surface area contributed by atoms with E-state index in [0.717, 1.165) is 46.3 Å². The van der Waals surface area contributed by atoms with Gasteiger partial charge >= 0.3 is 0 Å². The summed E-state index contributed by atoms with van der Waals surface area (Å²) in [5.74, 6) is 0. The molecular formula is C65H54BN2O. The number of aryl methyl sites for hydroxylation is 2. The van der Waals surface area contributed by atoms with Gasteiger partial charge in [0, 0.05) is 55.5 Å². The van der Waals surface area contributed by atoms with Crippen LogP contribution in [0.5, 0.6) is 0 Å². The van der Waals surface area contributed by atoms with Crippen LogP contribution < -0.4 is 16.2 Å². The molecule has 14 rings (SSSR count). The Morgan fingerprint density at radius 2 is 1.23 bits per heavy atom. The van der Waals surface area contributed by atoms with Gasteiger partial charge in [0.1, 0.15) is 11.2 Å². The van der Waals surface area contributed by atoms with Gasteiger partial charge in [-0.25, -0.2) is 0 Å². The minimum absolute atomic E-state index is 0.0617. The topological polar surface area (TPSA) is 30.1 Å². The zero-order chi connectivity index (χ0) is 46.9. The number of hydrogen-bond acceptors (Lipinski definition) is 2. The summed E-state index contributed by atoms with van der Waals surface area (Å²) in [6.07, 6.45) is 2.31. The van der Waals surface area contributed by atoms with Crippen LogP contribution in [0.3, 0.4) is 0 Å². The normalized spacial score (nSPS) is 15.9. The molecule has 69 heavy (non-hydrogen) atoms. The van der Waals surface area contributed by atoms with E-state index in [4.69, 9.17) is 4.42 Å². The maximum Gasteiger partial charge on any atom is 0.197 e. The Morgan fingerprint density at radius 3 is 2.06 bits per heavy atom. The predicted octanol–water partition coefficient (Wildman–Crippen LogP) is 16.2. The van der Waals surface area contributed by atoms with Crippen molar-refractivity contribution in [1.29, 1.82) is 0 Å². The Morgan fingerprint density at radius 1 is 0.522 bits per heavy atom. The molecule has 1 N–H and O–H groups in total. The van der Waals surface area contributed by atoms with Crippen molar-refractivity contribution < 1.29 is 4.42 Å². The van der Waals surface area contributed by atoms with Gasteiger partial charge in [-0.05, 0) is 158 Å². The van der Waals surface area contributed by atoms with Gasteiger partial charge in [-0.3, -0.25) is 0 Å². The minimum atomic E-state index is -0.0950. The van der Waals surface area contributed by atoms with E-state index < -0.39 is 0 Å². The number of anilines is 2. The molecule has 11 aromatic rings. The molecule has 3 nitrogen and oxygen atoms in total. The lowest BCUT2D eigenvalue weighted by Gasteiger charge is -2.41. The Bertz CT molecular complexity index is 4060. The highest BCUT2D eigenvalue weighted by molar-refractivity contribution is 6.73. The molecule has 0 atom stereocenters. The number of hydrogen-bond donors (Lipinski definition) is 1. The first kappa shape index (κ1) is 40.7. The highest BCUT2D eigenvalue weighted by Crippen LogP contribution is 2.53. The number of furan rings is 1. The molecule has 2 aliphatic carbocycles. The van der Waals surface area contributed by atoms with E-state index in [1.54, 1.807) is 0 Å². The molecule has 0 saturated carbocycles. The third kappa shape index (κ3) is 5.75. The summed E-state index contributed by atoms with van der Waals surface area (Å²) in [6, 6.07) is 57.7. The molecule has 0 fully saturated rings. The summed E-state index contributed by atoms with van der Waals surface area (Å²) in [6.45, 7) is 18.7. The van der Waals surface area contributed by atoms with Gasteiger partial charge in [0.05, 0.1) is 11.2 Å². The van der Waals surface area contributed by atoms with Crippen molar-refractivity contribution in [2.24, 2.45) is 0 Å². The molecule has 0 amide bonds. The standard InChI is InChI=1S/C65H54BN2O/c1-36-17-22-40(23-18-36)67-54-35-58-46(47-33-51-52(34-57(47)69-58)64(5,6)28-27-63(51,3)4)32-45(54)48-31-43(39-20-24-50-44(30-39)42-15-11-12-16-49(42)65(50,7)8)60-59-41-14-10-9-13-38(41)21-26-56(59)68-55-25-19-37(2)29-53(55)66-61(48)62(60)68/h9-26,29-35,67H,27-28H2,1-8H3. The lowest BCUT2D eigenvalue weighted by molar-refractivity contribution is 0.332. The van der Waals surface area contributed by atoms with Crippen LogP contribution in [0.25, 0.3) is 93.6 Å². The summed E-state index contributed by atoms with van der Waals surface area (Å²) in [4.78, 5) is 0. The van der Waals surface area contributed by atoms with Crippen LogP contribution in [0, 0.1) is 13.8 Å². The molecule has 0 unspecified atom stereocenters. The zero-order valence-corrected chi connectivity index (χ0v) is 40.8. The SMILES string of the molecule is Cc1ccc(Nc2cc3oc4cc5c(cc4c3cc2-c2cc(-c3ccc4c(c3)-c3ccccc3C4(C)C)c3c4c6ccccc6ccc4n4c3c2[B]c2cc(C)ccc2-4)C(C)(C)CCC5(C)C)cc1. The maximum absolute atomic E-state index is 7.00. The number of rotatable bonds is 4. The molecule has 0 bridgehead atoms. The number of nitrogens with one attached hydrogen (secondary N) is 1. The van der Waals surface area contributed by atoms with Crippen molar-refractivity contribution in [3.8, 4) is 39.1 Å². The van der Waals surface area contributed by atoms with Crippen molar-refractivity contribution in [3.05, 3.63) is 185 Å². The predicted molar refractivity (Wildman–Crippen MR) is 294 cm³/mol. The Kier molecular flexibility index (Phi) is 8.22. The lowest BCUT2D eigenvalue weighted by atomic mass is 9.58. The summed E-state index contributed by atoms with van der Waals surface area (Å²) in [5.41, 5.74) is 25.6. The maximum atomic E-state index is 7.00. The fourth-order valence-electron chi connectivity index (χ4n) is 12.9. The Balaban J connectivity index is 1.14. The van der Waals surface area contributed by atoms with Gasteiger partial charge in [0.2, 0.25) is 0 Å². The largest absolute Gasteiger partial charge is 0.456 e. The van der Waals surface area contributed by atoms with Crippen LogP contribution in [0.4, 0.5) is 11.4 Å². The second kappa shape index (κ2) is 13.9.